The van der Waals surface area contributed by atoms with Gasteiger partial charge in [-0.05, 0) is 26.3 Å². The quantitative estimate of drug-likeness (QED) is 0.747. The van der Waals surface area contributed by atoms with Gasteiger partial charge in [0.25, 0.3) is 0 Å². The van der Waals surface area contributed by atoms with Crippen molar-refractivity contribution in [2.75, 3.05) is 0 Å². The molecule has 0 atom stereocenters. The van der Waals surface area contributed by atoms with Crippen LogP contribution in [0, 0.1) is 13.8 Å². The molecule has 0 saturated heterocycles. The molecule has 0 unspecified atom stereocenters. The molecular formula is C12H15N3. The number of benzene rings is 1. The second kappa shape index (κ2) is 3.85. The maximum atomic E-state index is 4.16. The third kappa shape index (κ3) is 1.77. The topological polar surface area (TPSA) is 30.7 Å². The lowest BCUT2D eigenvalue weighted by Gasteiger charge is -2.07. The lowest BCUT2D eigenvalue weighted by atomic mass is 10.1. The van der Waals surface area contributed by atoms with Crippen molar-refractivity contribution in [3.8, 4) is 11.4 Å². The predicted octanol–water partition coefficient (Wildman–Crippen LogP) is 2.58. The van der Waals surface area contributed by atoms with Crippen molar-refractivity contribution in [1.29, 1.82) is 0 Å². The predicted molar refractivity (Wildman–Crippen MR) is 60.6 cm³/mol. The zero-order valence-corrected chi connectivity index (χ0v) is 9.36. The third-order valence-corrected chi connectivity index (χ3v) is 2.58. The van der Waals surface area contributed by atoms with E-state index in [9.17, 15) is 0 Å². The van der Waals surface area contributed by atoms with Gasteiger partial charge in [-0.3, -0.25) is 0 Å². The van der Waals surface area contributed by atoms with Crippen molar-refractivity contribution in [2.24, 2.45) is 0 Å². The van der Waals surface area contributed by atoms with Gasteiger partial charge in [-0.1, -0.05) is 23.8 Å². The summed E-state index contributed by atoms with van der Waals surface area (Å²) in [6.45, 7) is 7.20. The molecule has 1 aromatic carbocycles. The van der Waals surface area contributed by atoms with E-state index in [0.717, 1.165) is 12.4 Å². The Morgan fingerprint density at radius 1 is 1.27 bits per heavy atom. The summed E-state index contributed by atoms with van der Waals surface area (Å²) in [5.74, 6) is 0.954. The molecule has 0 aliphatic carbocycles. The average molecular weight is 201 g/mol. The van der Waals surface area contributed by atoms with Gasteiger partial charge in [0.2, 0.25) is 0 Å². The second-order valence-electron chi connectivity index (χ2n) is 3.76. The lowest BCUT2D eigenvalue weighted by molar-refractivity contribution is 0.766. The van der Waals surface area contributed by atoms with E-state index in [1.807, 2.05) is 0 Å². The van der Waals surface area contributed by atoms with Crippen molar-refractivity contribution >= 4 is 0 Å². The second-order valence-corrected chi connectivity index (χ2v) is 3.76. The molecule has 2 rings (SSSR count). The van der Waals surface area contributed by atoms with Crippen LogP contribution in [-0.2, 0) is 6.54 Å². The van der Waals surface area contributed by atoms with Crippen LogP contribution in [0.1, 0.15) is 18.1 Å². The highest BCUT2D eigenvalue weighted by Gasteiger charge is 2.08. The van der Waals surface area contributed by atoms with E-state index in [4.69, 9.17) is 0 Å². The minimum Gasteiger partial charge on any atom is -0.314 e. The SMILES string of the molecule is CCn1cnnc1-c1ccc(C)cc1C. The number of aryl methyl sites for hydroxylation is 3. The number of nitrogens with zero attached hydrogens (tertiary/aromatic N) is 3. The van der Waals surface area contributed by atoms with Gasteiger partial charge in [-0.25, -0.2) is 0 Å². The van der Waals surface area contributed by atoms with Crippen LogP contribution in [0.25, 0.3) is 11.4 Å². The minimum absolute atomic E-state index is 0.898. The molecule has 0 aliphatic rings. The smallest absolute Gasteiger partial charge is 0.163 e. The summed E-state index contributed by atoms with van der Waals surface area (Å²) in [6, 6.07) is 6.39. The standard InChI is InChI=1S/C12H15N3/c1-4-15-8-13-14-12(15)11-6-5-9(2)7-10(11)3/h5-8H,4H2,1-3H3. The Morgan fingerprint density at radius 3 is 2.73 bits per heavy atom. The van der Waals surface area contributed by atoms with Gasteiger partial charge in [0.1, 0.15) is 6.33 Å². The lowest BCUT2D eigenvalue weighted by Crippen LogP contribution is -1.97. The first-order valence-electron chi connectivity index (χ1n) is 5.17. The van der Waals surface area contributed by atoms with Crippen molar-refractivity contribution in [1.82, 2.24) is 14.8 Å². The van der Waals surface area contributed by atoms with E-state index in [0.29, 0.717) is 0 Å². The van der Waals surface area contributed by atoms with Gasteiger partial charge in [-0.15, -0.1) is 10.2 Å². The molecule has 0 spiro atoms. The van der Waals surface area contributed by atoms with Crippen LogP contribution in [0.3, 0.4) is 0 Å². The number of hydrogen-bond donors (Lipinski definition) is 0. The highest BCUT2D eigenvalue weighted by Crippen LogP contribution is 2.21. The van der Waals surface area contributed by atoms with Crippen molar-refractivity contribution in [3.63, 3.8) is 0 Å². The van der Waals surface area contributed by atoms with Gasteiger partial charge >= 0.3 is 0 Å². The first-order valence-corrected chi connectivity index (χ1v) is 5.17. The fourth-order valence-electron chi connectivity index (χ4n) is 1.76. The van der Waals surface area contributed by atoms with E-state index in [-0.39, 0.29) is 0 Å². The molecule has 0 aliphatic heterocycles. The van der Waals surface area contributed by atoms with E-state index in [1.165, 1.54) is 16.7 Å². The fourth-order valence-corrected chi connectivity index (χ4v) is 1.76. The molecule has 0 amide bonds. The third-order valence-electron chi connectivity index (χ3n) is 2.58. The summed E-state index contributed by atoms with van der Waals surface area (Å²) >= 11 is 0. The Morgan fingerprint density at radius 2 is 2.07 bits per heavy atom. The van der Waals surface area contributed by atoms with Crippen LogP contribution in [-0.4, -0.2) is 14.8 Å². The molecule has 0 radical (unpaired) electrons. The van der Waals surface area contributed by atoms with Crippen LogP contribution in [0.5, 0.6) is 0 Å². The minimum atomic E-state index is 0.898. The zero-order valence-electron chi connectivity index (χ0n) is 9.36. The molecule has 0 fully saturated rings. The number of aromatic nitrogens is 3. The highest BCUT2D eigenvalue weighted by molar-refractivity contribution is 5.60. The van der Waals surface area contributed by atoms with Crippen molar-refractivity contribution < 1.29 is 0 Å². The van der Waals surface area contributed by atoms with Gasteiger partial charge in [0.15, 0.2) is 5.82 Å². The molecule has 1 heterocycles. The molecule has 0 saturated carbocycles. The Bertz CT molecular complexity index is 471. The summed E-state index contributed by atoms with van der Waals surface area (Å²) in [5.41, 5.74) is 3.69. The first kappa shape index (κ1) is 9.90. The van der Waals surface area contributed by atoms with Gasteiger partial charge < -0.3 is 4.57 Å². The van der Waals surface area contributed by atoms with E-state index in [2.05, 4.69) is 53.7 Å². The Hall–Kier alpha value is -1.64. The summed E-state index contributed by atoms with van der Waals surface area (Å²) in [7, 11) is 0. The van der Waals surface area contributed by atoms with Crippen LogP contribution >= 0.6 is 0 Å². The average Bonchev–Trinajstić information content (AvgIpc) is 2.65. The van der Waals surface area contributed by atoms with Crippen molar-refractivity contribution in [3.05, 3.63) is 35.7 Å². The monoisotopic (exact) mass is 201 g/mol. The molecule has 3 nitrogen and oxygen atoms in total. The van der Waals surface area contributed by atoms with Gasteiger partial charge in [0, 0.05) is 12.1 Å². The summed E-state index contributed by atoms with van der Waals surface area (Å²) in [5, 5.41) is 8.11. The Kier molecular flexibility index (Phi) is 2.54. The molecule has 0 bridgehead atoms. The fraction of sp³-hybridized carbons (Fsp3) is 0.333. The largest absolute Gasteiger partial charge is 0.314 e. The van der Waals surface area contributed by atoms with Crippen LogP contribution in [0.15, 0.2) is 24.5 Å². The highest BCUT2D eigenvalue weighted by atomic mass is 15.3. The van der Waals surface area contributed by atoms with Crippen LogP contribution in [0.4, 0.5) is 0 Å². The molecule has 3 heteroatoms. The summed E-state index contributed by atoms with van der Waals surface area (Å²) in [6.07, 6.45) is 1.77. The molecule has 0 N–H and O–H groups in total. The number of hydrogen-bond acceptors (Lipinski definition) is 2. The van der Waals surface area contributed by atoms with E-state index < -0.39 is 0 Å². The Balaban J connectivity index is 2.54. The maximum absolute atomic E-state index is 4.16. The van der Waals surface area contributed by atoms with Crippen LogP contribution in [0.2, 0.25) is 0 Å². The number of rotatable bonds is 2. The Labute approximate surface area is 89.8 Å². The maximum Gasteiger partial charge on any atom is 0.163 e. The van der Waals surface area contributed by atoms with Gasteiger partial charge in [0.05, 0.1) is 0 Å². The van der Waals surface area contributed by atoms with E-state index >= 15 is 0 Å². The molecular weight excluding hydrogens is 186 g/mol. The first-order chi connectivity index (χ1) is 7.22. The van der Waals surface area contributed by atoms with Crippen molar-refractivity contribution in [2.45, 2.75) is 27.3 Å². The van der Waals surface area contributed by atoms with Crippen LogP contribution < -0.4 is 0 Å². The molecule has 15 heavy (non-hydrogen) atoms. The molecule has 2 aromatic rings. The molecule has 78 valence electrons. The summed E-state index contributed by atoms with van der Waals surface area (Å²) in [4.78, 5) is 0. The summed E-state index contributed by atoms with van der Waals surface area (Å²) < 4.78 is 2.05. The molecule has 1 aromatic heterocycles. The van der Waals surface area contributed by atoms with E-state index in [1.54, 1.807) is 6.33 Å². The normalized spacial score (nSPS) is 10.6. The zero-order chi connectivity index (χ0) is 10.8. The van der Waals surface area contributed by atoms with Gasteiger partial charge in [-0.2, -0.15) is 0 Å².